The van der Waals surface area contributed by atoms with Gasteiger partial charge in [-0.3, -0.25) is 4.79 Å². The first-order valence-corrected chi connectivity index (χ1v) is 7.13. The summed E-state index contributed by atoms with van der Waals surface area (Å²) in [6.07, 6.45) is 2.53. The summed E-state index contributed by atoms with van der Waals surface area (Å²) in [5, 5.41) is 0. The van der Waals surface area contributed by atoms with Gasteiger partial charge >= 0.3 is 0 Å². The van der Waals surface area contributed by atoms with Crippen molar-refractivity contribution in [2.75, 3.05) is 18.0 Å². The van der Waals surface area contributed by atoms with Crippen LogP contribution in [0.2, 0.25) is 4.34 Å². The fraction of sp³-hybridized carbons (Fsp3) is 0.308. The zero-order chi connectivity index (χ0) is 12.5. The summed E-state index contributed by atoms with van der Waals surface area (Å²) < 4.78 is 2.12. The molecule has 2 aromatic rings. The van der Waals surface area contributed by atoms with E-state index < -0.39 is 0 Å². The highest BCUT2D eigenvalue weighted by atomic mass is 35.5. The van der Waals surface area contributed by atoms with Crippen LogP contribution in [0.5, 0.6) is 0 Å². The highest BCUT2D eigenvalue weighted by Crippen LogP contribution is 2.23. The summed E-state index contributed by atoms with van der Waals surface area (Å²) in [5.74, 6) is 0. The molecule has 0 spiro atoms. The number of aromatic nitrogens is 1. The van der Waals surface area contributed by atoms with Gasteiger partial charge in [-0.05, 0) is 48.6 Å². The summed E-state index contributed by atoms with van der Waals surface area (Å²) in [6.45, 7) is 2.26. The fourth-order valence-electron chi connectivity index (χ4n) is 2.27. The quantitative estimate of drug-likeness (QED) is 0.844. The molecule has 3 rings (SSSR count). The Labute approximate surface area is 114 Å². The van der Waals surface area contributed by atoms with Crippen LogP contribution in [-0.2, 0) is 0 Å². The summed E-state index contributed by atoms with van der Waals surface area (Å²) in [4.78, 5) is 14.0. The molecule has 0 atom stereocenters. The van der Waals surface area contributed by atoms with Crippen LogP contribution < -0.4 is 10.5 Å². The molecule has 0 bridgehead atoms. The van der Waals surface area contributed by atoms with Crippen LogP contribution >= 0.6 is 23.1 Å². The van der Waals surface area contributed by atoms with Crippen molar-refractivity contribution in [1.82, 2.24) is 3.96 Å². The molecule has 1 aliphatic heterocycles. The second kappa shape index (κ2) is 4.78. The van der Waals surface area contributed by atoms with Crippen molar-refractivity contribution in [2.24, 2.45) is 0 Å². The lowest BCUT2D eigenvalue weighted by Gasteiger charge is -2.17. The van der Waals surface area contributed by atoms with Gasteiger partial charge in [0.15, 0.2) is 0 Å². The Balaban J connectivity index is 1.91. The third-order valence-electron chi connectivity index (χ3n) is 3.17. The SMILES string of the molecule is O=c1cc(Cl)sn1-c1ccc(N2CCCC2)cc1. The van der Waals surface area contributed by atoms with Crippen LogP contribution in [0.4, 0.5) is 5.69 Å². The summed E-state index contributed by atoms with van der Waals surface area (Å²) in [7, 11) is 0. The van der Waals surface area contributed by atoms with Crippen molar-refractivity contribution in [3.05, 3.63) is 45.0 Å². The lowest BCUT2D eigenvalue weighted by molar-refractivity contribution is 0.949. The van der Waals surface area contributed by atoms with E-state index in [4.69, 9.17) is 11.6 Å². The Morgan fingerprint density at radius 1 is 1.06 bits per heavy atom. The van der Waals surface area contributed by atoms with Gasteiger partial charge in [0, 0.05) is 24.8 Å². The van der Waals surface area contributed by atoms with Gasteiger partial charge in [-0.15, -0.1) is 0 Å². The van der Waals surface area contributed by atoms with Gasteiger partial charge in [0.05, 0.1) is 5.69 Å². The standard InChI is InChI=1S/C13H13ClN2OS/c14-12-9-13(17)16(18-12)11-5-3-10(4-6-11)15-7-1-2-8-15/h3-6,9H,1-2,7-8H2. The highest BCUT2D eigenvalue weighted by Gasteiger charge is 2.12. The lowest BCUT2D eigenvalue weighted by Crippen LogP contribution is -2.17. The molecular weight excluding hydrogens is 268 g/mol. The molecule has 94 valence electrons. The van der Waals surface area contributed by atoms with Gasteiger partial charge in [-0.2, -0.15) is 0 Å². The van der Waals surface area contributed by atoms with Gasteiger partial charge in [-0.25, -0.2) is 3.96 Å². The number of halogens is 1. The Kier molecular flexibility index (Phi) is 3.14. The zero-order valence-electron chi connectivity index (χ0n) is 9.80. The molecule has 1 aromatic carbocycles. The molecule has 0 aliphatic carbocycles. The van der Waals surface area contributed by atoms with E-state index in [-0.39, 0.29) is 5.56 Å². The number of benzene rings is 1. The van der Waals surface area contributed by atoms with Crippen LogP contribution in [0.25, 0.3) is 5.69 Å². The van der Waals surface area contributed by atoms with E-state index in [2.05, 4.69) is 17.0 Å². The molecule has 0 saturated carbocycles. The van der Waals surface area contributed by atoms with E-state index in [0.717, 1.165) is 18.8 Å². The van der Waals surface area contributed by atoms with E-state index in [0.29, 0.717) is 4.34 Å². The Morgan fingerprint density at radius 3 is 2.22 bits per heavy atom. The second-order valence-corrected chi connectivity index (χ2v) is 6.00. The lowest BCUT2D eigenvalue weighted by atomic mass is 10.2. The molecule has 1 aliphatic rings. The third kappa shape index (κ3) is 2.18. The van der Waals surface area contributed by atoms with Crippen LogP contribution in [-0.4, -0.2) is 17.0 Å². The maximum atomic E-state index is 11.7. The highest BCUT2D eigenvalue weighted by molar-refractivity contribution is 7.11. The largest absolute Gasteiger partial charge is 0.372 e. The van der Waals surface area contributed by atoms with Gasteiger partial charge in [-0.1, -0.05) is 11.6 Å². The Morgan fingerprint density at radius 2 is 1.67 bits per heavy atom. The van der Waals surface area contributed by atoms with Gasteiger partial charge in [0.2, 0.25) is 0 Å². The molecule has 1 saturated heterocycles. The molecule has 0 radical (unpaired) electrons. The molecule has 0 N–H and O–H groups in total. The first-order valence-electron chi connectivity index (χ1n) is 5.98. The van der Waals surface area contributed by atoms with Crippen molar-refractivity contribution in [1.29, 1.82) is 0 Å². The van der Waals surface area contributed by atoms with Crippen LogP contribution in [0, 0.1) is 0 Å². The summed E-state index contributed by atoms with van der Waals surface area (Å²) in [6, 6.07) is 9.53. The van der Waals surface area contributed by atoms with Crippen molar-refractivity contribution in [3.8, 4) is 5.69 Å². The molecule has 3 nitrogen and oxygen atoms in total. The molecule has 18 heavy (non-hydrogen) atoms. The first kappa shape index (κ1) is 11.8. The van der Waals surface area contributed by atoms with Crippen molar-refractivity contribution < 1.29 is 0 Å². The van der Waals surface area contributed by atoms with Crippen LogP contribution in [0.3, 0.4) is 0 Å². The maximum absolute atomic E-state index is 11.7. The topological polar surface area (TPSA) is 25.2 Å². The predicted octanol–water partition coefficient (Wildman–Crippen LogP) is 3.15. The van der Waals surface area contributed by atoms with E-state index in [9.17, 15) is 4.79 Å². The number of nitrogens with zero attached hydrogens (tertiary/aromatic N) is 2. The second-order valence-electron chi connectivity index (χ2n) is 4.38. The van der Waals surface area contributed by atoms with Gasteiger partial charge < -0.3 is 4.90 Å². The molecule has 2 heterocycles. The minimum absolute atomic E-state index is 0.0704. The fourth-order valence-corrected chi connectivity index (χ4v) is 3.27. The third-order valence-corrected chi connectivity index (χ3v) is 4.35. The van der Waals surface area contributed by atoms with E-state index in [1.54, 1.807) is 3.96 Å². The smallest absolute Gasteiger partial charge is 0.266 e. The summed E-state index contributed by atoms with van der Waals surface area (Å²) in [5.41, 5.74) is 2.03. The number of anilines is 1. The van der Waals surface area contributed by atoms with Crippen molar-refractivity contribution in [2.45, 2.75) is 12.8 Å². The van der Waals surface area contributed by atoms with Crippen LogP contribution in [0.1, 0.15) is 12.8 Å². The zero-order valence-corrected chi connectivity index (χ0v) is 11.4. The van der Waals surface area contributed by atoms with Crippen LogP contribution in [0.15, 0.2) is 35.1 Å². The molecular formula is C13H13ClN2OS. The number of hydrogen-bond donors (Lipinski definition) is 0. The minimum atomic E-state index is -0.0704. The number of rotatable bonds is 2. The van der Waals surface area contributed by atoms with E-state index in [1.165, 1.54) is 36.1 Å². The van der Waals surface area contributed by atoms with Crippen molar-refractivity contribution >= 4 is 28.8 Å². The summed E-state index contributed by atoms with van der Waals surface area (Å²) >= 11 is 7.10. The van der Waals surface area contributed by atoms with Crippen molar-refractivity contribution in [3.63, 3.8) is 0 Å². The minimum Gasteiger partial charge on any atom is -0.372 e. The molecule has 0 unspecified atom stereocenters. The normalized spacial score (nSPS) is 15.3. The average Bonchev–Trinajstić information content (AvgIpc) is 2.99. The predicted molar refractivity (Wildman–Crippen MR) is 76.4 cm³/mol. The Hall–Kier alpha value is -1.26. The average molecular weight is 281 g/mol. The molecule has 1 aromatic heterocycles. The van der Waals surface area contributed by atoms with Gasteiger partial charge in [0.1, 0.15) is 4.34 Å². The number of hydrogen-bond acceptors (Lipinski definition) is 3. The van der Waals surface area contributed by atoms with E-state index in [1.807, 2.05) is 12.1 Å². The molecule has 1 fully saturated rings. The van der Waals surface area contributed by atoms with E-state index >= 15 is 0 Å². The molecule has 0 amide bonds. The Bertz CT molecular complexity index is 596. The first-order chi connectivity index (χ1) is 8.74. The monoisotopic (exact) mass is 280 g/mol. The maximum Gasteiger partial charge on any atom is 0.266 e. The molecule has 5 heteroatoms. The van der Waals surface area contributed by atoms with Gasteiger partial charge in [0.25, 0.3) is 5.56 Å².